The number of aliphatic hydroxyl groups excluding tert-OH is 1. The van der Waals surface area contributed by atoms with Crippen molar-refractivity contribution in [1.82, 2.24) is 9.78 Å². The number of aliphatic hydroxyl groups is 1. The Hall–Kier alpha value is -1.23. The Morgan fingerprint density at radius 3 is 2.71 bits per heavy atom. The molecule has 1 saturated carbocycles. The normalized spacial score (nSPS) is 26.6. The zero-order valence-electron chi connectivity index (χ0n) is 11.0. The highest BCUT2D eigenvalue weighted by Crippen LogP contribution is 2.43. The molecule has 2 rings (SSSR count). The third-order valence-corrected chi connectivity index (χ3v) is 4.00. The first-order valence-corrected chi connectivity index (χ1v) is 6.15. The Bertz CT molecular complexity index is 424. The predicted octanol–water partition coefficient (Wildman–Crippen LogP) is 1.36. The Morgan fingerprint density at radius 1 is 1.59 bits per heavy atom. The lowest BCUT2D eigenvalue weighted by Gasteiger charge is -2.49. The molecule has 1 aromatic heterocycles. The maximum atomic E-state index is 9.73. The highest BCUT2D eigenvalue weighted by molar-refractivity contribution is 5.65. The molecule has 0 amide bonds. The van der Waals surface area contributed by atoms with Crippen LogP contribution in [-0.2, 0) is 6.54 Å². The molecule has 4 N–H and O–H groups in total. The maximum Gasteiger partial charge on any atom is 0.148 e. The summed E-state index contributed by atoms with van der Waals surface area (Å²) < 4.78 is 1.88. The van der Waals surface area contributed by atoms with Crippen LogP contribution in [0.5, 0.6) is 0 Å². The van der Waals surface area contributed by atoms with Crippen LogP contribution in [0.1, 0.15) is 32.9 Å². The summed E-state index contributed by atoms with van der Waals surface area (Å²) in [6.45, 7) is 8.87. The second-order valence-corrected chi connectivity index (χ2v) is 5.43. The largest absolute Gasteiger partial charge is 0.394 e. The van der Waals surface area contributed by atoms with E-state index in [-0.39, 0.29) is 17.6 Å². The van der Waals surface area contributed by atoms with Gasteiger partial charge in [0.25, 0.3) is 0 Å². The van der Waals surface area contributed by atoms with Crippen molar-refractivity contribution >= 4 is 11.5 Å². The first-order chi connectivity index (χ1) is 7.87. The molecule has 0 aromatic carbocycles. The number of nitrogens with two attached hydrogens (primary N) is 1. The molecule has 5 nitrogen and oxygen atoms in total. The molecule has 1 fully saturated rings. The summed E-state index contributed by atoms with van der Waals surface area (Å²) in [6, 6.07) is 0.251. The van der Waals surface area contributed by atoms with E-state index in [0.717, 1.165) is 24.5 Å². The molecule has 0 spiro atoms. The molecule has 1 aliphatic carbocycles. The van der Waals surface area contributed by atoms with Crippen LogP contribution in [0.4, 0.5) is 11.5 Å². The van der Waals surface area contributed by atoms with Crippen LogP contribution in [0.15, 0.2) is 0 Å². The van der Waals surface area contributed by atoms with Crippen molar-refractivity contribution in [3.05, 3.63) is 5.69 Å². The van der Waals surface area contributed by atoms with E-state index in [1.807, 2.05) is 18.5 Å². The fourth-order valence-electron chi connectivity index (χ4n) is 2.29. The van der Waals surface area contributed by atoms with Crippen molar-refractivity contribution in [3.63, 3.8) is 0 Å². The SMILES string of the molecule is CCn1nc(C)c(N)c1NC1CC(O)C1(C)C. The Morgan fingerprint density at radius 2 is 2.24 bits per heavy atom. The monoisotopic (exact) mass is 238 g/mol. The lowest BCUT2D eigenvalue weighted by molar-refractivity contribution is -0.0512. The van der Waals surface area contributed by atoms with Gasteiger partial charge in [0, 0.05) is 18.0 Å². The number of aryl methyl sites for hydroxylation is 2. The standard InChI is InChI=1S/C12H22N4O/c1-5-16-11(10(13)7(2)15-16)14-8-6-9(17)12(8,3)4/h8-9,14,17H,5-6,13H2,1-4H3. The van der Waals surface area contributed by atoms with Gasteiger partial charge in [0.15, 0.2) is 0 Å². The third kappa shape index (κ3) is 1.78. The molecular weight excluding hydrogens is 216 g/mol. The van der Waals surface area contributed by atoms with Crippen molar-refractivity contribution in [1.29, 1.82) is 0 Å². The van der Waals surface area contributed by atoms with Gasteiger partial charge in [-0.15, -0.1) is 0 Å². The van der Waals surface area contributed by atoms with Crippen molar-refractivity contribution in [2.24, 2.45) is 5.41 Å². The van der Waals surface area contributed by atoms with Crippen LogP contribution < -0.4 is 11.1 Å². The van der Waals surface area contributed by atoms with E-state index in [2.05, 4.69) is 24.3 Å². The van der Waals surface area contributed by atoms with Crippen LogP contribution in [0.3, 0.4) is 0 Å². The summed E-state index contributed by atoms with van der Waals surface area (Å²) in [5, 5.41) is 17.5. The zero-order valence-corrected chi connectivity index (χ0v) is 11.0. The van der Waals surface area contributed by atoms with E-state index in [1.54, 1.807) is 0 Å². The third-order valence-electron chi connectivity index (χ3n) is 4.00. The van der Waals surface area contributed by atoms with Crippen LogP contribution in [0, 0.1) is 12.3 Å². The average Bonchev–Trinajstić information content (AvgIpc) is 2.56. The second kappa shape index (κ2) is 3.91. The number of rotatable bonds is 3. The Labute approximate surface area is 102 Å². The van der Waals surface area contributed by atoms with Gasteiger partial charge < -0.3 is 16.2 Å². The summed E-state index contributed by atoms with van der Waals surface area (Å²) in [4.78, 5) is 0. The summed E-state index contributed by atoms with van der Waals surface area (Å²) >= 11 is 0. The number of nitrogens with one attached hydrogen (secondary N) is 1. The van der Waals surface area contributed by atoms with E-state index in [4.69, 9.17) is 5.73 Å². The topological polar surface area (TPSA) is 76.1 Å². The van der Waals surface area contributed by atoms with E-state index < -0.39 is 0 Å². The quantitative estimate of drug-likeness (QED) is 0.743. The van der Waals surface area contributed by atoms with Crippen molar-refractivity contribution in [2.75, 3.05) is 11.1 Å². The molecule has 96 valence electrons. The second-order valence-electron chi connectivity index (χ2n) is 5.43. The highest BCUT2D eigenvalue weighted by Gasteiger charge is 2.47. The first-order valence-electron chi connectivity index (χ1n) is 6.15. The van der Waals surface area contributed by atoms with Crippen LogP contribution in [0.2, 0.25) is 0 Å². The summed E-state index contributed by atoms with van der Waals surface area (Å²) in [6.07, 6.45) is 0.528. The number of hydrogen-bond acceptors (Lipinski definition) is 4. The summed E-state index contributed by atoms with van der Waals surface area (Å²) in [5.41, 5.74) is 7.48. The molecule has 1 heterocycles. The molecule has 0 radical (unpaired) electrons. The zero-order chi connectivity index (χ0) is 12.8. The molecule has 2 atom stereocenters. The van der Waals surface area contributed by atoms with Crippen LogP contribution in [0.25, 0.3) is 0 Å². The predicted molar refractivity (Wildman–Crippen MR) is 68.9 cm³/mol. The molecule has 17 heavy (non-hydrogen) atoms. The first kappa shape index (κ1) is 12.2. The van der Waals surface area contributed by atoms with E-state index in [9.17, 15) is 5.11 Å². The van der Waals surface area contributed by atoms with Crippen LogP contribution >= 0.6 is 0 Å². The average molecular weight is 238 g/mol. The number of nitrogen functional groups attached to an aromatic ring is 1. The molecule has 1 aromatic rings. The van der Waals surface area contributed by atoms with Gasteiger partial charge in [-0.2, -0.15) is 5.10 Å². The van der Waals surface area contributed by atoms with Crippen molar-refractivity contribution in [3.8, 4) is 0 Å². The Kier molecular flexibility index (Phi) is 2.81. The van der Waals surface area contributed by atoms with Crippen LogP contribution in [-0.4, -0.2) is 27.0 Å². The minimum Gasteiger partial charge on any atom is -0.394 e. The number of nitrogens with zero attached hydrogens (tertiary/aromatic N) is 2. The van der Waals surface area contributed by atoms with Gasteiger partial charge in [-0.25, -0.2) is 4.68 Å². The number of hydrogen-bond donors (Lipinski definition) is 3. The Balaban J connectivity index is 2.20. The van der Waals surface area contributed by atoms with Crippen molar-refractivity contribution < 1.29 is 5.11 Å². The lowest BCUT2D eigenvalue weighted by atomic mass is 9.64. The molecule has 0 saturated heterocycles. The number of aromatic nitrogens is 2. The molecular formula is C12H22N4O. The van der Waals surface area contributed by atoms with Gasteiger partial charge in [0.05, 0.1) is 17.5 Å². The van der Waals surface area contributed by atoms with E-state index >= 15 is 0 Å². The van der Waals surface area contributed by atoms with Gasteiger partial charge in [-0.3, -0.25) is 0 Å². The fraction of sp³-hybridized carbons (Fsp3) is 0.750. The minimum atomic E-state index is -0.236. The van der Waals surface area contributed by atoms with Gasteiger partial charge >= 0.3 is 0 Å². The molecule has 0 bridgehead atoms. The van der Waals surface area contributed by atoms with Gasteiger partial charge in [-0.1, -0.05) is 13.8 Å². The number of anilines is 2. The van der Waals surface area contributed by atoms with Gasteiger partial charge in [0.2, 0.25) is 0 Å². The smallest absolute Gasteiger partial charge is 0.148 e. The minimum absolute atomic E-state index is 0.108. The van der Waals surface area contributed by atoms with E-state index in [0.29, 0.717) is 5.69 Å². The van der Waals surface area contributed by atoms with Gasteiger partial charge in [0.1, 0.15) is 5.82 Å². The maximum absolute atomic E-state index is 9.73. The summed E-state index contributed by atoms with van der Waals surface area (Å²) in [7, 11) is 0. The molecule has 0 aliphatic heterocycles. The van der Waals surface area contributed by atoms with E-state index in [1.165, 1.54) is 0 Å². The molecule has 2 unspecified atom stereocenters. The highest BCUT2D eigenvalue weighted by atomic mass is 16.3. The summed E-state index contributed by atoms with van der Waals surface area (Å²) in [5.74, 6) is 0.884. The molecule has 5 heteroatoms. The lowest BCUT2D eigenvalue weighted by Crippen LogP contribution is -2.57. The van der Waals surface area contributed by atoms with Gasteiger partial charge in [-0.05, 0) is 20.3 Å². The fourth-order valence-corrected chi connectivity index (χ4v) is 2.29. The van der Waals surface area contributed by atoms with Crippen molar-refractivity contribution in [2.45, 2.75) is 52.8 Å². The molecule has 1 aliphatic rings.